The van der Waals surface area contributed by atoms with Gasteiger partial charge in [0.2, 0.25) is 0 Å². The molecule has 1 fully saturated rings. The third-order valence-electron chi connectivity index (χ3n) is 4.47. The summed E-state index contributed by atoms with van der Waals surface area (Å²) >= 11 is 0. The topological polar surface area (TPSA) is 40.5 Å². The summed E-state index contributed by atoms with van der Waals surface area (Å²) in [6.45, 7) is 2.27. The molecule has 1 heterocycles. The average Bonchev–Trinajstić information content (AvgIpc) is 2.90. The third kappa shape index (κ3) is 4.96. The van der Waals surface area contributed by atoms with Crippen LogP contribution in [0, 0.1) is 17.8 Å². The molecular formula is C17H22F3NO2. The van der Waals surface area contributed by atoms with E-state index in [0.29, 0.717) is 6.54 Å². The molecule has 0 spiro atoms. The van der Waals surface area contributed by atoms with Crippen molar-refractivity contribution in [1.82, 2.24) is 4.90 Å². The van der Waals surface area contributed by atoms with Crippen molar-refractivity contribution in [2.24, 2.45) is 17.8 Å². The lowest BCUT2D eigenvalue weighted by atomic mass is 9.96. The minimum atomic E-state index is -4.45. The SMILES string of the molecule is CC(CCc1ccccc1)CN1C[C@@H](C(F)(F)F)[C@H](C(=O)O)C1. The Kier molecular flexibility index (Phi) is 5.68. The Morgan fingerprint density at radius 2 is 1.96 bits per heavy atom. The molecule has 0 amide bonds. The number of aryl methyl sites for hydroxylation is 1. The fraction of sp³-hybridized carbons (Fsp3) is 0.588. The molecule has 23 heavy (non-hydrogen) atoms. The second kappa shape index (κ2) is 7.34. The highest BCUT2D eigenvalue weighted by Crippen LogP contribution is 2.38. The van der Waals surface area contributed by atoms with Gasteiger partial charge in [0.1, 0.15) is 0 Å². The number of carbonyl (C=O) groups is 1. The molecule has 1 aromatic carbocycles. The van der Waals surface area contributed by atoms with E-state index in [1.54, 1.807) is 4.90 Å². The third-order valence-corrected chi connectivity index (χ3v) is 4.47. The molecular weight excluding hydrogens is 307 g/mol. The summed E-state index contributed by atoms with van der Waals surface area (Å²) < 4.78 is 38.9. The van der Waals surface area contributed by atoms with Crippen molar-refractivity contribution < 1.29 is 23.1 Å². The number of carboxylic acid groups (broad SMARTS) is 1. The molecule has 1 aliphatic heterocycles. The number of rotatable bonds is 6. The molecule has 1 unspecified atom stereocenters. The zero-order chi connectivity index (χ0) is 17.0. The van der Waals surface area contributed by atoms with Gasteiger partial charge in [-0.2, -0.15) is 13.2 Å². The molecule has 0 radical (unpaired) electrons. The first-order valence-electron chi connectivity index (χ1n) is 7.83. The second-order valence-corrected chi connectivity index (χ2v) is 6.44. The number of hydrogen-bond acceptors (Lipinski definition) is 2. The number of hydrogen-bond donors (Lipinski definition) is 1. The van der Waals surface area contributed by atoms with Crippen molar-refractivity contribution in [1.29, 1.82) is 0 Å². The molecule has 0 aliphatic carbocycles. The number of likely N-dealkylation sites (tertiary alicyclic amines) is 1. The van der Waals surface area contributed by atoms with Crippen LogP contribution in [0.25, 0.3) is 0 Å². The fourth-order valence-electron chi connectivity index (χ4n) is 3.21. The van der Waals surface area contributed by atoms with Gasteiger partial charge in [-0.3, -0.25) is 4.79 Å². The first-order valence-corrected chi connectivity index (χ1v) is 7.83. The summed E-state index contributed by atoms with van der Waals surface area (Å²) in [5, 5.41) is 9.02. The van der Waals surface area contributed by atoms with Gasteiger partial charge in [0.25, 0.3) is 0 Å². The van der Waals surface area contributed by atoms with E-state index in [1.165, 1.54) is 5.56 Å². The van der Waals surface area contributed by atoms with Crippen molar-refractivity contribution in [2.45, 2.75) is 25.9 Å². The van der Waals surface area contributed by atoms with Gasteiger partial charge >= 0.3 is 12.1 Å². The monoisotopic (exact) mass is 329 g/mol. The van der Waals surface area contributed by atoms with E-state index < -0.39 is 24.0 Å². The van der Waals surface area contributed by atoms with Crippen LogP contribution in [-0.4, -0.2) is 41.8 Å². The largest absolute Gasteiger partial charge is 0.481 e. The van der Waals surface area contributed by atoms with Gasteiger partial charge < -0.3 is 10.0 Å². The van der Waals surface area contributed by atoms with E-state index in [0.717, 1.165) is 12.8 Å². The number of alkyl halides is 3. The highest BCUT2D eigenvalue weighted by molar-refractivity contribution is 5.71. The standard InChI is InChI=1S/C17H22F3NO2/c1-12(7-8-13-5-3-2-4-6-13)9-21-10-14(16(22)23)15(11-21)17(18,19)20/h2-6,12,14-15H,7-11H2,1H3,(H,22,23)/t12?,14-,15-/m1/s1. The van der Waals surface area contributed by atoms with Gasteiger partial charge in [-0.1, -0.05) is 37.3 Å². The van der Waals surface area contributed by atoms with E-state index in [9.17, 15) is 18.0 Å². The zero-order valence-electron chi connectivity index (χ0n) is 13.1. The Morgan fingerprint density at radius 3 is 2.48 bits per heavy atom. The number of aliphatic carboxylic acids is 1. The summed E-state index contributed by atoms with van der Waals surface area (Å²) in [5.41, 5.74) is 1.21. The quantitative estimate of drug-likeness (QED) is 0.869. The molecule has 1 saturated heterocycles. The molecule has 0 aromatic heterocycles. The highest BCUT2D eigenvalue weighted by atomic mass is 19.4. The summed E-state index contributed by atoms with van der Waals surface area (Å²) in [4.78, 5) is 12.7. The van der Waals surface area contributed by atoms with Crippen LogP contribution < -0.4 is 0 Å². The van der Waals surface area contributed by atoms with E-state index in [-0.39, 0.29) is 19.0 Å². The Balaban J connectivity index is 1.86. The van der Waals surface area contributed by atoms with E-state index in [1.807, 2.05) is 37.3 Å². The molecule has 128 valence electrons. The predicted molar refractivity (Wildman–Crippen MR) is 81.0 cm³/mol. The number of halogens is 3. The van der Waals surface area contributed by atoms with Crippen molar-refractivity contribution in [3.63, 3.8) is 0 Å². The van der Waals surface area contributed by atoms with Crippen molar-refractivity contribution in [3.8, 4) is 0 Å². The summed E-state index contributed by atoms with van der Waals surface area (Å²) in [6, 6.07) is 9.93. The first kappa shape index (κ1) is 17.8. The van der Waals surface area contributed by atoms with Crippen LogP contribution in [-0.2, 0) is 11.2 Å². The van der Waals surface area contributed by atoms with Crippen LogP contribution >= 0.6 is 0 Å². The molecule has 1 N–H and O–H groups in total. The maximum atomic E-state index is 13.0. The Bertz CT molecular complexity index is 518. The van der Waals surface area contributed by atoms with Gasteiger partial charge in [0.05, 0.1) is 11.8 Å². The van der Waals surface area contributed by atoms with E-state index >= 15 is 0 Å². The van der Waals surface area contributed by atoms with Crippen LogP contribution in [0.5, 0.6) is 0 Å². The average molecular weight is 329 g/mol. The first-order chi connectivity index (χ1) is 10.8. The number of carboxylic acids is 1. The fourth-order valence-corrected chi connectivity index (χ4v) is 3.21. The van der Waals surface area contributed by atoms with Crippen molar-refractivity contribution >= 4 is 5.97 Å². The summed E-state index contributed by atoms with van der Waals surface area (Å²) in [6.07, 6.45) is -2.71. The molecule has 3 atom stereocenters. The molecule has 2 rings (SSSR count). The number of benzene rings is 1. The lowest BCUT2D eigenvalue weighted by Gasteiger charge is -2.21. The Morgan fingerprint density at radius 1 is 1.30 bits per heavy atom. The molecule has 0 saturated carbocycles. The summed E-state index contributed by atoms with van der Waals surface area (Å²) in [7, 11) is 0. The maximum Gasteiger partial charge on any atom is 0.393 e. The lowest BCUT2D eigenvalue weighted by Crippen LogP contribution is -2.33. The number of nitrogens with zero attached hydrogens (tertiary/aromatic N) is 1. The van der Waals surface area contributed by atoms with Crippen molar-refractivity contribution in [2.75, 3.05) is 19.6 Å². The second-order valence-electron chi connectivity index (χ2n) is 6.44. The molecule has 1 aliphatic rings. The van der Waals surface area contributed by atoms with Crippen LogP contribution in [0.1, 0.15) is 18.9 Å². The van der Waals surface area contributed by atoms with Gasteiger partial charge in [-0.25, -0.2) is 0 Å². The van der Waals surface area contributed by atoms with Crippen LogP contribution in [0.3, 0.4) is 0 Å². The Labute approximate surface area is 134 Å². The van der Waals surface area contributed by atoms with Crippen molar-refractivity contribution in [3.05, 3.63) is 35.9 Å². The van der Waals surface area contributed by atoms with Crippen LogP contribution in [0.15, 0.2) is 30.3 Å². The maximum absolute atomic E-state index is 13.0. The van der Waals surface area contributed by atoms with Gasteiger partial charge in [0, 0.05) is 19.6 Å². The normalized spacial score (nSPS) is 23.8. The van der Waals surface area contributed by atoms with E-state index in [4.69, 9.17) is 5.11 Å². The van der Waals surface area contributed by atoms with E-state index in [2.05, 4.69) is 0 Å². The van der Waals surface area contributed by atoms with Crippen LogP contribution in [0.4, 0.5) is 13.2 Å². The van der Waals surface area contributed by atoms with Gasteiger partial charge in [-0.05, 0) is 24.3 Å². The Hall–Kier alpha value is -1.56. The zero-order valence-corrected chi connectivity index (χ0v) is 13.1. The minimum Gasteiger partial charge on any atom is -0.481 e. The highest BCUT2D eigenvalue weighted by Gasteiger charge is 2.52. The van der Waals surface area contributed by atoms with Gasteiger partial charge in [-0.15, -0.1) is 0 Å². The molecule has 6 heteroatoms. The van der Waals surface area contributed by atoms with Crippen LogP contribution in [0.2, 0.25) is 0 Å². The predicted octanol–water partition coefficient (Wildman–Crippen LogP) is 3.45. The molecule has 0 bridgehead atoms. The lowest BCUT2D eigenvalue weighted by molar-refractivity contribution is -0.188. The van der Waals surface area contributed by atoms with Gasteiger partial charge in [0.15, 0.2) is 0 Å². The smallest absolute Gasteiger partial charge is 0.393 e. The molecule has 1 aromatic rings. The summed E-state index contributed by atoms with van der Waals surface area (Å²) in [5.74, 6) is -4.25. The molecule has 3 nitrogen and oxygen atoms in total. The minimum absolute atomic E-state index is 0.0187.